The molecule has 3 amide bonds. The van der Waals surface area contributed by atoms with Crippen LogP contribution in [-0.4, -0.2) is 41.2 Å². The lowest BCUT2D eigenvalue weighted by Gasteiger charge is -2.20. The number of carbonyl (C=O) groups is 4. The summed E-state index contributed by atoms with van der Waals surface area (Å²) >= 11 is 1.39. The van der Waals surface area contributed by atoms with Crippen LogP contribution in [0.4, 0.5) is 5.00 Å². The fraction of sp³-hybridized carbons (Fsp3) is 0.348. The summed E-state index contributed by atoms with van der Waals surface area (Å²) in [4.78, 5) is 51.8. The van der Waals surface area contributed by atoms with Crippen molar-refractivity contribution in [3.63, 3.8) is 0 Å². The molecule has 1 aliphatic carbocycles. The summed E-state index contributed by atoms with van der Waals surface area (Å²) in [7, 11) is 0. The number of nitrogens with one attached hydrogen (secondary N) is 1. The minimum Gasteiger partial charge on any atom is -0.454 e. The highest BCUT2D eigenvalue weighted by molar-refractivity contribution is 7.16. The van der Waals surface area contributed by atoms with Crippen molar-refractivity contribution in [2.75, 3.05) is 11.9 Å². The SMILES string of the molecule is CC(C(=O)OCC(=O)Nc1sc2c(c1C#N)CCCCC2)N1C(=O)c2ccccc2C1=O. The molecule has 9 heteroatoms. The van der Waals surface area contributed by atoms with Gasteiger partial charge in [0, 0.05) is 4.88 Å². The first kappa shape index (κ1) is 21.7. The number of esters is 1. The zero-order valence-corrected chi connectivity index (χ0v) is 18.3. The molecule has 0 radical (unpaired) electrons. The van der Waals surface area contributed by atoms with Crippen LogP contribution in [0, 0.1) is 11.3 Å². The Balaban J connectivity index is 1.38. The van der Waals surface area contributed by atoms with E-state index in [4.69, 9.17) is 4.74 Å². The highest BCUT2D eigenvalue weighted by Gasteiger charge is 2.41. The predicted octanol–water partition coefficient (Wildman–Crippen LogP) is 3.06. The second kappa shape index (κ2) is 8.93. The third-order valence-corrected chi connectivity index (χ3v) is 6.89. The number of aryl methyl sites for hydroxylation is 1. The van der Waals surface area contributed by atoms with Crippen LogP contribution in [0.15, 0.2) is 24.3 Å². The van der Waals surface area contributed by atoms with Crippen LogP contribution in [0.25, 0.3) is 0 Å². The van der Waals surface area contributed by atoms with Crippen molar-refractivity contribution in [3.8, 4) is 6.07 Å². The van der Waals surface area contributed by atoms with E-state index in [2.05, 4.69) is 11.4 Å². The van der Waals surface area contributed by atoms with Gasteiger partial charge in [-0.3, -0.25) is 19.3 Å². The molecule has 32 heavy (non-hydrogen) atoms. The molecule has 0 bridgehead atoms. The number of fused-ring (bicyclic) bond motifs is 2. The van der Waals surface area contributed by atoms with Gasteiger partial charge in [0.25, 0.3) is 17.7 Å². The first-order valence-corrected chi connectivity index (χ1v) is 11.2. The number of amides is 3. The lowest BCUT2D eigenvalue weighted by Crippen LogP contribution is -2.44. The Bertz CT molecular complexity index is 1130. The van der Waals surface area contributed by atoms with Crippen LogP contribution < -0.4 is 5.32 Å². The second-order valence-corrected chi connectivity index (χ2v) is 8.84. The highest BCUT2D eigenvalue weighted by atomic mass is 32.1. The van der Waals surface area contributed by atoms with Gasteiger partial charge in [0.15, 0.2) is 6.61 Å². The number of benzene rings is 1. The van der Waals surface area contributed by atoms with Gasteiger partial charge in [-0.1, -0.05) is 18.6 Å². The summed E-state index contributed by atoms with van der Waals surface area (Å²) < 4.78 is 5.07. The maximum atomic E-state index is 12.5. The van der Waals surface area contributed by atoms with Crippen LogP contribution in [0.1, 0.15) is 62.9 Å². The highest BCUT2D eigenvalue weighted by Crippen LogP contribution is 2.37. The minimum absolute atomic E-state index is 0.233. The van der Waals surface area contributed by atoms with Gasteiger partial charge in [-0.15, -0.1) is 11.3 Å². The number of nitrogens with zero attached hydrogens (tertiary/aromatic N) is 2. The van der Waals surface area contributed by atoms with Crippen LogP contribution in [0.3, 0.4) is 0 Å². The number of thiophene rings is 1. The molecule has 1 unspecified atom stereocenters. The summed E-state index contributed by atoms with van der Waals surface area (Å²) in [5.74, 6) is -2.59. The summed E-state index contributed by atoms with van der Waals surface area (Å²) in [6, 6.07) is 7.33. The Hall–Kier alpha value is -3.51. The predicted molar refractivity (Wildman–Crippen MR) is 116 cm³/mol. The van der Waals surface area contributed by atoms with Gasteiger partial charge < -0.3 is 10.1 Å². The number of anilines is 1. The third-order valence-electron chi connectivity index (χ3n) is 5.69. The minimum atomic E-state index is -1.18. The van der Waals surface area contributed by atoms with E-state index in [1.165, 1.54) is 30.4 Å². The van der Waals surface area contributed by atoms with Crippen LogP contribution in [0.5, 0.6) is 0 Å². The molecule has 1 aromatic carbocycles. The molecular formula is C23H21N3O5S. The quantitative estimate of drug-likeness (QED) is 0.424. The van der Waals surface area contributed by atoms with Crippen molar-refractivity contribution in [3.05, 3.63) is 51.4 Å². The second-order valence-electron chi connectivity index (χ2n) is 7.74. The molecule has 0 saturated heterocycles. The Morgan fingerprint density at radius 1 is 1.16 bits per heavy atom. The number of hydrogen-bond acceptors (Lipinski definition) is 7. The lowest BCUT2D eigenvalue weighted by molar-refractivity contribution is -0.150. The topological polar surface area (TPSA) is 117 Å². The Labute approximate surface area is 188 Å². The molecule has 1 N–H and O–H groups in total. The van der Waals surface area contributed by atoms with Gasteiger partial charge in [0.05, 0.1) is 16.7 Å². The number of ether oxygens (including phenoxy) is 1. The maximum absolute atomic E-state index is 12.5. The smallest absolute Gasteiger partial charge is 0.329 e. The monoisotopic (exact) mass is 451 g/mol. The van der Waals surface area contributed by atoms with Crippen molar-refractivity contribution in [1.82, 2.24) is 4.90 Å². The average Bonchev–Trinajstić information content (AvgIpc) is 3.12. The van der Waals surface area contributed by atoms with E-state index in [0.29, 0.717) is 10.6 Å². The third kappa shape index (κ3) is 3.89. The Morgan fingerprint density at radius 2 is 1.81 bits per heavy atom. The van der Waals surface area contributed by atoms with E-state index in [-0.39, 0.29) is 11.1 Å². The van der Waals surface area contributed by atoms with Gasteiger partial charge in [0.1, 0.15) is 17.1 Å². The molecule has 2 aromatic rings. The van der Waals surface area contributed by atoms with Gasteiger partial charge in [-0.05, 0) is 50.3 Å². The van der Waals surface area contributed by atoms with E-state index in [1.807, 2.05) is 0 Å². The largest absolute Gasteiger partial charge is 0.454 e. The van der Waals surface area contributed by atoms with Crippen molar-refractivity contribution < 1.29 is 23.9 Å². The van der Waals surface area contributed by atoms with Crippen molar-refractivity contribution in [2.45, 2.75) is 45.1 Å². The number of imide groups is 1. The standard InChI is InChI=1S/C23H21N3O5S/c1-13(26-21(28)15-8-5-6-9-16(15)22(26)29)23(30)31-12-19(27)25-20-17(11-24)14-7-3-2-4-10-18(14)32-20/h5-6,8-9,13H,2-4,7,10,12H2,1H3,(H,25,27). The van der Waals surface area contributed by atoms with E-state index in [9.17, 15) is 24.4 Å². The first-order chi connectivity index (χ1) is 15.4. The zero-order chi connectivity index (χ0) is 22.8. The molecule has 1 atom stereocenters. The van der Waals surface area contributed by atoms with Gasteiger partial charge in [0.2, 0.25) is 0 Å². The zero-order valence-electron chi connectivity index (χ0n) is 17.5. The maximum Gasteiger partial charge on any atom is 0.329 e. The Morgan fingerprint density at radius 3 is 2.47 bits per heavy atom. The van der Waals surface area contributed by atoms with Crippen molar-refractivity contribution in [1.29, 1.82) is 5.26 Å². The molecule has 0 saturated carbocycles. The van der Waals surface area contributed by atoms with E-state index in [0.717, 1.165) is 47.4 Å². The summed E-state index contributed by atoms with van der Waals surface area (Å²) in [6.07, 6.45) is 4.89. The molecule has 0 fully saturated rings. The number of hydrogen-bond donors (Lipinski definition) is 1. The summed E-state index contributed by atoms with van der Waals surface area (Å²) in [5, 5.41) is 12.7. The van der Waals surface area contributed by atoms with E-state index < -0.39 is 36.3 Å². The molecular weight excluding hydrogens is 430 g/mol. The molecule has 2 aliphatic rings. The number of rotatable bonds is 5. The van der Waals surface area contributed by atoms with Crippen molar-refractivity contribution in [2.24, 2.45) is 0 Å². The molecule has 8 nitrogen and oxygen atoms in total. The number of carbonyl (C=O) groups excluding carboxylic acids is 4. The Kier molecular flexibility index (Phi) is 6.06. The van der Waals surface area contributed by atoms with Crippen LogP contribution >= 0.6 is 11.3 Å². The first-order valence-electron chi connectivity index (χ1n) is 10.4. The number of nitriles is 1. The van der Waals surface area contributed by atoms with Crippen LogP contribution in [-0.2, 0) is 27.2 Å². The van der Waals surface area contributed by atoms with Gasteiger partial charge in [-0.2, -0.15) is 5.26 Å². The summed E-state index contributed by atoms with van der Waals surface area (Å²) in [5.41, 5.74) is 1.94. The molecule has 1 aliphatic heterocycles. The van der Waals surface area contributed by atoms with Crippen LogP contribution in [0.2, 0.25) is 0 Å². The molecule has 4 rings (SSSR count). The molecule has 2 heterocycles. The fourth-order valence-corrected chi connectivity index (χ4v) is 5.29. The van der Waals surface area contributed by atoms with E-state index >= 15 is 0 Å². The van der Waals surface area contributed by atoms with Crippen molar-refractivity contribution >= 4 is 40.0 Å². The van der Waals surface area contributed by atoms with E-state index in [1.54, 1.807) is 12.1 Å². The normalized spacial score (nSPS) is 15.9. The molecule has 0 spiro atoms. The fourth-order valence-electron chi connectivity index (χ4n) is 4.03. The average molecular weight is 452 g/mol. The lowest BCUT2D eigenvalue weighted by atomic mass is 10.1. The molecule has 1 aromatic heterocycles. The van der Waals surface area contributed by atoms with Gasteiger partial charge >= 0.3 is 5.97 Å². The molecule has 164 valence electrons. The van der Waals surface area contributed by atoms with Gasteiger partial charge in [-0.25, -0.2) is 4.79 Å². The summed E-state index contributed by atoms with van der Waals surface area (Å²) in [6.45, 7) is 0.797.